The Morgan fingerprint density at radius 2 is 0.805 bits per heavy atom. The second-order valence-corrected chi connectivity index (χ2v) is 12.8. The first-order valence-corrected chi connectivity index (χ1v) is 15.4. The number of hydrogen-bond acceptors (Lipinski definition) is 1. The Hall–Kier alpha value is -0.780. The van der Waals surface area contributed by atoms with Gasteiger partial charge in [-0.1, -0.05) is 189 Å². The van der Waals surface area contributed by atoms with E-state index in [4.69, 9.17) is 121 Å². The summed E-state index contributed by atoms with van der Waals surface area (Å²) in [7, 11) is 0. The molecule has 4 aromatic carbocycles. The van der Waals surface area contributed by atoms with Gasteiger partial charge in [-0.05, 0) is 35.4 Å². The lowest BCUT2D eigenvalue weighted by Gasteiger charge is -2.36. The van der Waals surface area contributed by atoms with Gasteiger partial charge in [-0.25, -0.2) is 0 Å². The molecule has 0 aliphatic carbocycles. The zero-order chi connectivity index (χ0) is 29.9. The van der Waals surface area contributed by atoms with Crippen LogP contribution in [0.1, 0.15) is 22.3 Å². The second-order valence-electron chi connectivity index (χ2n) is 8.58. The smallest absolute Gasteiger partial charge is 0.191 e. The highest BCUT2D eigenvalue weighted by Crippen LogP contribution is 2.52. The van der Waals surface area contributed by atoms with Gasteiger partial charge in [0.2, 0.25) is 0 Å². The fourth-order valence-electron chi connectivity index (χ4n) is 3.75. The number of hydrogen-bond donors (Lipinski definition) is 0. The average Bonchev–Trinajstić information content (AvgIpc) is 2.97. The van der Waals surface area contributed by atoms with Crippen molar-refractivity contribution < 1.29 is 4.74 Å². The molecule has 0 heterocycles. The second kappa shape index (κ2) is 13.9. The van der Waals surface area contributed by atoms with Gasteiger partial charge in [0.15, 0.2) is 10.1 Å². The maximum atomic E-state index is 7.29. The van der Waals surface area contributed by atoms with E-state index >= 15 is 0 Å². The first-order chi connectivity index (χ1) is 19.4. The lowest BCUT2D eigenvalue weighted by molar-refractivity contribution is -0.0187. The summed E-state index contributed by atoms with van der Waals surface area (Å²) in [4.78, 5) is 0. The van der Waals surface area contributed by atoms with Gasteiger partial charge in [0.25, 0.3) is 0 Å². The van der Waals surface area contributed by atoms with Gasteiger partial charge in [0.05, 0.1) is 40.2 Å². The van der Waals surface area contributed by atoms with Crippen LogP contribution in [0.2, 0.25) is 40.2 Å². The van der Waals surface area contributed by atoms with Crippen molar-refractivity contribution in [1.82, 2.24) is 0 Å². The summed E-state index contributed by atoms with van der Waals surface area (Å²) in [5, 5.41) is -3.58. The fraction of sp³-hybridized carbons (Fsp3) is 0.0667. The third-order valence-electron chi connectivity index (χ3n) is 5.82. The first kappa shape index (κ1) is 33.1. The van der Waals surface area contributed by atoms with Crippen molar-refractivity contribution in [3.8, 4) is 0 Å². The molecule has 0 amide bonds. The average molecular weight is 747 g/mol. The normalized spacial score (nSPS) is 14.9. The molecule has 0 aliphatic rings. The van der Waals surface area contributed by atoms with Gasteiger partial charge in [0, 0.05) is 11.1 Å². The van der Waals surface area contributed by atoms with E-state index in [1.165, 1.54) is 12.1 Å². The lowest BCUT2D eigenvalue weighted by atomic mass is 10.0. The van der Waals surface area contributed by atoms with E-state index in [1.807, 2.05) is 60.7 Å². The monoisotopic (exact) mass is 742 g/mol. The highest BCUT2D eigenvalue weighted by Gasteiger charge is 2.43. The molecule has 0 bridgehead atoms. The maximum Gasteiger partial charge on any atom is 0.191 e. The van der Waals surface area contributed by atoms with Crippen LogP contribution in [0, 0.1) is 0 Å². The zero-order valence-corrected chi connectivity index (χ0v) is 28.0. The van der Waals surface area contributed by atoms with Crippen molar-refractivity contribution >= 4 is 128 Å². The zero-order valence-electron chi connectivity index (χ0n) is 20.4. The van der Waals surface area contributed by atoms with Gasteiger partial charge < -0.3 is 4.74 Å². The molecule has 0 aliphatic heterocycles. The summed E-state index contributed by atoms with van der Waals surface area (Å²) < 4.78 is 6.57. The van der Waals surface area contributed by atoms with Crippen molar-refractivity contribution in [3.63, 3.8) is 0 Å². The van der Waals surface area contributed by atoms with Gasteiger partial charge in [-0.15, -0.1) is 0 Å². The molecule has 1 nitrogen and oxygen atoms in total. The van der Waals surface area contributed by atoms with Crippen LogP contribution in [0.5, 0.6) is 0 Å². The van der Waals surface area contributed by atoms with Crippen molar-refractivity contribution in [2.45, 2.75) is 10.1 Å². The lowest BCUT2D eigenvalue weighted by Crippen LogP contribution is -2.32. The van der Waals surface area contributed by atoms with E-state index in [0.29, 0.717) is 0 Å². The van der Waals surface area contributed by atoms with Gasteiger partial charge in [-0.3, -0.25) is 0 Å². The van der Waals surface area contributed by atoms with Crippen LogP contribution in [0.3, 0.4) is 0 Å². The third kappa shape index (κ3) is 7.48. The largest absolute Gasteiger partial charge is 0.322 e. The van der Waals surface area contributed by atoms with Crippen LogP contribution in [-0.4, -0.2) is 0 Å². The van der Waals surface area contributed by atoms with E-state index in [1.54, 1.807) is 24.3 Å². The van der Waals surface area contributed by atoms with E-state index in [9.17, 15) is 0 Å². The number of ether oxygens (including phenoxy) is 1. The molecule has 212 valence electrons. The minimum Gasteiger partial charge on any atom is -0.322 e. The molecule has 0 saturated carbocycles. The number of alkyl halides is 2. The van der Waals surface area contributed by atoms with Gasteiger partial charge in [0.1, 0.15) is 0 Å². The molecule has 0 N–H and O–H groups in total. The molecule has 4 aromatic rings. The Bertz CT molecular complexity index is 1500. The van der Waals surface area contributed by atoms with Crippen LogP contribution >= 0.6 is 116 Å². The SMILES string of the molecule is Clc1cc(C(Cl)(C=Cc2ccccc2)OC(Cl)(C=Cc2ccccc2)c2cc(Cl)c(Cl)c(Cl)c2Cl)c(Cl)c(Cl)c1Cl. The summed E-state index contributed by atoms with van der Waals surface area (Å²) in [6.45, 7) is 0. The number of benzene rings is 4. The predicted octanol–water partition coefficient (Wildman–Crippen LogP) is 13.8. The summed E-state index contributed by atoms with van der Waals surface area (Å²) >= 11 is 66.0. The Morgan fingerprint density at radius 1 is 0.463 bits per heavy atom. The Morgan fingerprint density at radius 3 is 1.15 bits per heavy atom. The predicted molar refractivity (Wildman–Crippen MR) is 180 cm³/mol. The third-order valence-corrected chi connectivity index (χ3v) is 10.1. The van der Waals surface area contributed by atoms with Crippen molar-refractivity contribution in [2.24, 2.45) is 0 Å². The molecular weight excluding hydrogens is 731 g/mol. The summed E-state index contributed by atoms with van der Waals surface area (Å²) in [6.07, 6.45) is 6.54. The highest BCUT2D eigenvalue weighted by molar-refractivity contribution is 6.53. The molecule has 0 spiro atoms. The van der Waals surface area contributed by atoms with Crippen LogP contribution in [0.4, 0.5) is 0 Å². The van der Waals surface area contributed by atoms with Crippen LogP contribution in [0.15, 0.2) is 84.9 Å². The molecule has 0 radical (unpaired) electrons. The molecular formula is C30H16Cl10O. The standard InChI is InChI=1S/C30H16Cl10O/c31-21-15-19(23(33)27(37)25(21)35)29(39,13-11-17-7-3-1-4-8-17)41-30(40,14-12-18-9-5-2-6-10-18)20-16-22(32)26(36)28(38)24(20)34/h1-16H. The van der Waals surface area contributed by atoms with Gasteiger partial charge in [-0.2, -0.15) is 0 Å². The molecule has 4 rings (SSSR count). The summed E-state index contributed by atoms with van der Waals surface area (Å²) in [6, 6.07) is 21.6. The molecule has 0 aromatic heterocycles. The Balaban J connectivity index is 1.98. The van der Waals surface area contributed by atoms with Crippen molar-refractivity contribution in [3.05, 3.63) is 147 Å². The minimum absolute atomic E-state index is 0.00176. The van der Waals surface area contributed by atoms with E-state index in [-0.39, 0.29) is 51.3 Å². The van der Waals surface area contributed by atoms with E-state index in [2.05, 4.69) is 0 Å². The maximum absolute atomic E-state index is 7.29. The van der Waals surface area contributed by atoms with E-state index < -0.39 is 10.1 Å². The quantitative estimate of drug-likeness (QED) is 0.0991. The molecule has 2 atom stereocenters. The van der Waals surface area contributed by atoms with E-state index in [0.717, 1.165) is 11.1 Å². The summed E-state index contributed by atoms with van der Waals surface area (Å²) in [5.41, 5.74) is 1.93. The molecule has 41 heavy (non-hydrogen) atoms. The van der Waals surface area contributed by atoms with Crippen molar-refractivity contribution in [2.75, 3.05) is 0 Å². The number of halogens is 10. The van der Waals surface area contributed by atoms with Crippen molar-refractivity contribution in [1.29, 1.82) is 0 Å². The molecule has 0 saturated heterocycles. The Labute approximate surface area is 288 Å². The minimum atomic E-state index is -1.91. The van der Waals surface area contributed by atoms with Crippen LogP contribution in [-0.2, 0) is 14.9 Å². The fourth-order valence-corrected chi connectivity index (χ4v) is 6.44. The number of rotatable bonds is 8. The molecule has 11 heteroatoms. The first-order valence-electron chi connectivity index (χ1n) is 11.6. The molecule has 2 unspecified atom stereocenters. The van der Waals surface area contributed by atoms with Crippen LogP contribution < -0.4 is 0 Å². The summed E-state index contributed by atoms with van der Waals surface area (Å²) in [5.74, 6) is 0. The van der Waals surface area contributed by atoms with Gasteiger partial charge >= 0.3 is 0 Å². The van der Waals surface area contributed by atoms with Crippen LogP contribution in [0.25, 0.3) is 12.2 Å². The topological polar surface area (TPSA) is 9.23 Å². The highest BCUT2D eigenvalue weighted by atomic mass is 35.5. The molecule has 0 fully saturated rings. The Kier molecular flexibility index (Phi) is 11.2.